The summed E-state index contributed by atoms with van der Waals surface area (Å²) in [7, 11) is 0. The number of carboxylic acids is 2. The lowest BCUT2D eigenvalue weighted by Crippen LogP contribution is -2.58. The smallest absolute Gasteiger partial charge is 0.480 e. The highest BCUT2D eigenvalue weighted by Crippen LogP contribution is 2.28. The SMILES string of the molecule is C=CC(F)(F)C(=O)[C@H](NC(C)=O)[C@@H]1N[C@@H](C(=O)O)C[C@H]1/C=C\C.O=C(O)C(F)(F)F. The summed E-state index contributed by atoms with van der Waals surface area (Å²) in [6.45, 7) is 5.72. The molecule has 30 heavy (non-hydrogen) atoms. The maximum atomic E-state index is 13.7. The summed E-state index contributed by atoms with van der Waals surface area (Å²) < 4.78 is 59.1. The number of hydrogen-bond acceptors (Lipinski definition) is 5. The monoisotopic (exact) mass is 444 g/mol. The van der Waals surface area contributed by atoms with Gasteiger partial charge in [-0.15, -0.1) is 0 Å². The number of ketones is 1. The van der Waals surface area contributed by atoms with E-state index in [4.69, 9.17) is 15.0 Å². The minimum Gasteiger partial charge on any atom is -0.480 e. The van der Waals surface area contributed by atoms with Crippen LogP contribution in [0.15, 0.2) is 24.8 Å². The van der Waals surface area contributed by atoms with Gasteiger partial charge in [-0.05, 0) is 25.3 Å². The molecule has 4 N–H and O–H groups in total. The van der Waals surface area contributed by atoms with E-state index in [2.05, 4.69) is 17.2 Å². The van der Waals surface area contributed by atoms with E-state index in [0.717, 1.165) is 6.92 Å². The van der Waals surface area contributed by atoms with Crippen molar-refractivity contribution in [3.05, 3.63) is 24.8 Å². The Hall–Kier alpha value is -2.83. The quantitative estimate of drug-likeness (QED) is 0.346. The number of hydrogen-bond donors (Lipinski definition) is 4. The largest absolute Gasteiger partial charge is 0.490 e. The van der Waals surface area contributed by atoms with E-state index >= 15 is 0 Å². The molecular weight excluding hydrogens is 423 g/mol. The molecule has 0 aliphatic carbocycles. The summed E-state index contributed by atoms with van der Waals surface area (Å²) in [5.41, 5.74) is 0. The van der Waals surface area contributed by atoms with Crippen LogP contribution in [-0.4, -0.2) is 64.1 Å². The first-order chi connectivity index (χ1) is 13.6. The molecule has 0 saturated carbocycles. The molecule has 170 valence electrons. The summed E-state index contributed by atoms with van der Waals surface area (Å²) in [5, 5.41) is 21.1. The van der Waals surface area contributed by atoms with Crippen LogP contribution in [-0.2, 0) is 19.2 Å². The fourth-order valence-electron chi connectivity index (χ4n) is 2.65. The molecule has 1 fully saturated rings. The number of carbonyl (C=O) groups excluding carboxylic acids is 2. The van der Waals surface area contributed by atoms with Crippen molar-refractivity contribution in [2.24, 2.45) is 5.92 Å². The van der Waals surface area contributed by atoms with Gasteiger partial charge in [0.15, 0.2) is 0 Å². The van der Waals surface area contributed by atoms with E-state index in [9.17, 15) is 36.3 Å². The van der Waals surface area contributed by atoms with Gasteiger partial charge in [0.25, 0.3) is 0 Å². The van der Waals surface area contributed by atoms with Gasteiger partial charge in [0, 0.05) is 13.0 Å². The van der Waals surface area contributed by atoms with Gasteiger partial charge in [0.05, 0.1) is 0 Å². The van der Waals surface area contributed by atoms with Crippen LogP contribution in [0.3, 0.4) is 0 Å². The second kappa shape index (κ2) is 10.8. The first-order valence-corrected chi connectivity index (χ1v) is 8.33. The summed E-state index contributed by atoms with van der Waals surface area (Å²) in [6.07, 6.45) is -1.47. The highest BCUT2D eigenvalue weighted by Gasteiger charge is 2.49. The number of Topliss-reactive ketones (excluding diaryl/α,β-unsaturated/α-hetero) is 1. The number of allylic oxidation sites excluding steroid dienone is 2. The molecule has 0 aromatic heterocycles. The predicted molar refractivity (Wildman–Crippen MR) is 92.7 cm³/mol. The molecule has 0 aromatic rings. The van der Waals surface area contributed by atoms with Crippen molar-refractivity contribution in [3.8, 4) is 0 Å². The zero-order valence-corrected chi connectivity index (χ0v) is 15.9. The molecule has 0 spiro atoms. The molecule has 13 heteroatoms. The van der Waals surface area contributed by atoms with Crippen LogP contribution in [0.2, 0.25) is 0 Å². The van der Waals surface area contributed by atoms with Gasteiger partial charge in [-0.25, -0.2) is 4.79 Å². The van der Waals surface area contributed by atoms with Crippen molar-refractivity contribution >= 4 is 23.6 Å². The number of carboxylic acid groups (broad SMARTS) is 2. The van der Waals surface area contributed by atoms with Crippen molar-refractivity contribution in [1.82, 2.24) is 10.6 Å². The van der Waals surface area contributed by atoms with E-state index in [-0.39, 0.29) is 12.5 Å². The van der Waals surface area contributed by atoms with Crippen molar-refractivity contribution in [1.29, 1.82) is 0 Å². The van der Waals surface area contributed by atoms with E-state index < -0.39 is 59.8 Å². The number of rotatable bonds is 7. The van der Waals surface area contributed by atoms with Gasteiger partial charge >= 0.3 is 24.0 Å². The van der Waals surface area contributed by atoms with Crippen molar-refractivity contribution in [2.75, 3.05) is 0 Å². The summed E-state index contributed by atoms with van der Waals surface area (Å²) in [6, 6.07) is -3.50. The van der Waals surface area contributed by atoms with Gasteiger partial charge in [-0.3, -0.25) is 19.7 Å². The van der Waals surface area contributed by atoms with Crippen molar-refractivity contribution in [3.63, 3.8) is 0 Å². The number of amides is 1. The van der Waals surface area contributed by atoms with Crippen LogP contribution >= 0.6 is 0 Å². The third-order valence-corrected chi connectivity index (χ3v) is 3.93. The molecule has 1 aliphatic rings. The van der Waals surface area contributed by atoms with E-state index in [1.54, 1.807) is 19.1 Å². The zero-order valence-electron chi connectivity index (χ0n) is 15.9. The first-order valence-electron chi connectivity index (χ1n) is 8.33. The third kappa shape index (κ3) is 7.89. The number of halogens is 5. The van der Waals surface area contributed by atoms with Crippen molar-refractivity contribution < 1.29 is 51.3 Å². The molecule has 0 bridgehead atoms. The number of aliphatic carboxylic acids is 2. The topological polar surface area (TPSA) is 133 Å². The Labute approximate surface area is 167 Å². The third-order valence-electron chi connectivity index (χ3n) is 3.93. The summed E-state index contributed by atoms with van der Waals surface area (Å²) >= 11 is 0. The molecule has 4 atom stereocenters. The molecule has 1 heterocycles. The Morgan fingerprint density at radius 2 is 1.67 bits per heavy atom. The van der Waals surface area contributed by atoms with Crippen LogP contribution < -0.4 is 10.6 Å². The highest BCUT2D eigenvalue weighted by atomic mass is 19.4. The fourth-order valence-corrected chi connectivity index (χ4v) is 2.65. The maximum Gasteiger partial charge on any atom is 0.490 e. The molecule has 0 aromatic carbocycles. The Kier molecular flexibility index (Phi) is 9.79. The number of carbonyl (C=O) groups is 4. The van der Waals surface area contributed by atoms with E-state index in [1.807, 2.05) is 0 Å². The molecule has 1 aliphatic heterocycles. The van der Waals surface area contributed by atoms with Gasteiger partial charge < -0.3 is 15.5 Å². The lowest BCUT2D eigenvalue weighted by molar-refractivity contribution is -0.192. The predicted octanol–water partition coefficient (Wildman–Crippen LogP) is 1.52. The van der Waals surface area contributed by atoms with Crippen LogP contribution in [0, 0.1) is 5.92 Å². The Balaban J connectivity index is 0.00000103. The van der Waals surface area contributed by atoms with Gasteiger partial charge in [-0.1, -0.05) is 18.7 Å². The van der Waals surface area contributed by atoms with Crippen LogP contribution in [0.5, 0.6) is 0 Å². The first kappa shape index (κ1) is 27.2. The highest BCUT2D eigenvalue weighted by molar-refractivity contribution is 5.95. The average Bonchev–Trinajstić information content (AvgIpc) is 3.03. The molecule has 1 rings (SSSR count). The molecule has 1 amide bonds. The lowest BCUT2D eigenvalue weighted by atomic mass is 9.89. The molecular formula is C17H21F5N2O6. The Bertz CT molecular complexity index is 707. The molecule has 0 unspecified atom stereocenters. The fraction of sp³-hybridized carbons (Fsp3) is 0.529. The zero-order chi connectivity index (χ0) is 23.9. The van der Waals surface area contributed by atoms with E-state index in [1.165, 1.54) is 0 Å². The van der Waals surface area contributed by atoms with Crippen LogP contribution in [0.4, 0.5) is 22.0 Å². The van der Waals surface area contributed by atoms with Gasteiger partial charge in [0.2, 0.25) is 11.7 Å². The normalized spacial score (nSPS) is 22.6. The van der Waals surface area contributed by atoms with Gasteiger partial charge in [-0.2, -0.15) is 22.0 Å². The Morgan fingerprint density at radius 1 is 1.17 bits per heavy atom. The second-order valence-electron chi connectivity index (χ2n) is 6.18. The molecule has 0 radical (unpaired) electrons. The van der Waals surface area contributed by atoms with Gasteiger partial charge in [0.1, 0.15) is 12.1 Å². The van der Waals surface area contributed by atoms with E-state index in [0.29, 0.717) is 0 Å². The van der Waals surface area contributed by atoms with Crippen LogP contribution in [0.25, 0.3) is 0 Å². The Morgan fingerprint density at radius 3 is 2.00 bits per heavy atom. The minimum atomic E-state index is -5.08. The number of nitrogens with one attached hydrogen (secondary N) is 2. The van der Waals surface area contributed by atoms with Crippen LogP contribution in [0.1, 0.15) is 20.3 Å². The average molecular weight is 444 g/mol. The second-order valence-corrected chi connectivity index (χ2v) is 6.18. The summed E-state index contributed by atoms with van der Waals surface area (Å²) in [4.78, 5) is 43.4. The lowest BCUT2D eigenvalue weighted by Gasteiger charge is -2.29. The maximum absolute atomic E-state index is 13.7. The standard InChI is InChI=1S/C15H20F2N2O4.C2HF3O2/c1-4-6-9-7-10(14(22)23)19-11(9)12(18-8(3)20)13(21)15(16,17)5-2;3-2(4,5)1(6)7/h4-6,9-12,19H,2,7H2,1,3H3,(H,18,20)(H,22,23);(H,6,7)/b6-4-;/t9-,10-,11-,12-;/m1./s1. The minimum absolute atomic E-state index is 0.132. The molecule has 1 saturated heterocycles. The van der Waals surface area contributed by atoms with Crippen molar-refractivity contribution in [2.45, 2.75) is 50.5 Å². The number of alkyl halides is 5. The summed E-state index contributed by atoms with van der Waals surface area (Å²) in [5.74, 6) is -10.4. The molecule has 8 nitrogen and oxygen atoms in total.